The number of benzene rings is 1. The zero-order valence-electron chi connectivity index (χ0n) is 19.0. The number of likely N-dealkylation sites (tertiary alicyclic amines) is 1. The first-order chi connectivity index (χ1) is 14.0. The lowest BCUT2D eigenvalue weighted by Crippen LogP contribution is -2.49. The third-order valence-corrected chi connectivity index (χ3v) is 6.45. The second-order valence-electron chi connectivity index (χ2n) is 9.08. The Balaban J connectivity index is 1.52. The molecule has 0 spiro atoms. The number of aliphatic imine (C=N–C) groups is 1. The van der Waals surface area contributed by atoms with Crippen LogP contribution in [0.15, 0.2) is 29.3 Å². The van der Waals surface area contributed by atoms with E-state index in [0.717, 1.165) is 25.0 Å². The average Bonchev–Trinajstić information content (AvgIpc) is 2.73. The molecule has 1 aromatic carbocycles. The molecule has 2 saturated heterocycles. The van der Waals surface area contributed by atoms with Crippen molar-refractivity contribution in [2.24, 2.45) is 10.9 Å². The van der Waals surface area contributed by atoms with Gasteiger partial charge in [-0.2, -0.15) is 0 Å². The van der Waals surface area contributed by atoms with Crippen LogP contribution in [0.25, 0.3) is 0 Å². The van der Waals surface area contributed by atoms with Gasteiger partial charge in [-0.25, -0.2) is 4.99 Å². The molecule has 0 radical (unpaired) electrons. The maximum Gasteiger partial charge on any atom is 0.191 e. The van der Waals surface area contributed by atoms with Gasteiger partial charge in [0.15, 0.2) is 5.96 Å². The number of anilines is 1. The molecule has 2 N–H and O–H groups in total. The number of nitrogens with zero attached hydrogens (tertiary/aromatic N) is 3. The van der Waals surface area contributed by atoms with Crippen LogP contribution in [0.3, 0.4) is 0 Å². The SMILES string of the molecule is CCNC(=NCc1ccc(N2CCC(C)CC2)cc1)NC1CCN(C(C)C)CC1. The Morgan fingerprint density at radius 1 is 1.03 bits per heavy atom. The molecule has 5 heteroatoms. The summed E-state index contributed by atoms with van der Waals surface area (Å²) in [4.78, 5) is 9.93. The molecule has 5 nitrogen and oxygen atoms in total. The normalized spacial score (nSPS) is 20.3. The predicted molar refractivity (Wildman–Crippen MR) is 125 cm³/mol. The largest absolute Gasteiger partial charge is 0.372 e. The first-order valence-corrected chi connectivity index (χ1v) is 11.7. The quantitative estimate of drug-likeness (QED) is 0.563. The smallest absolute Gasteiger partial charge is 0.191 e. The van der Waals surface area contributed by atoms with Crippen molar-refractivity contribution in [2.75, 3.05) is 37.6 Å². The molecule has 2 heterocycles. The van der Waals surface area contributed by atoms with E-state index < -0.39 is 0 Å². The summed E-state index contributed by atoms with van der Waals surface area (Å²) in [6.45, 7) is 15.4. The van der Waals surface area contributed by atoms with E-state index in [1.54, 1.807) is 0 Å². The molecule has 29 heavy (non-hydrogen) atoms. The van der Waals surface area contributed by atoms with Crippen LogP contribution in [0.5, 0.6) is 0 Å². The highest BCUT2D eigenvalue weighted by Gasteiger charge is 2.21. The first kappa shape index (κ1) is 21.9. The van der Waals surface area contributed by atoms with Crippen molar-refractivity contribution in [3.8, 4) is 0 Å². The molecule has 1 aromatic rings. The number of hydrogen-bond donors (Lipinski definition) is 2. The van der Waals surface area contributed by atoms with Gasteiger partial charge in [0.05, 0.1) is 6.54 Å². The van der Waals surface area contributed by atoms with Crippen LogP contribution >= 0.6 is 0 Å². The van der Waals surface area contributed by atoms with Crippen LogP contribution < -0.4 is 15.5 Å². The highest BCUT2D eigenvalue weighted by atomic mass is 15.2. The topological polar surface area (TPSA) is 42.9 Å². The van der Waals surface area contributed by atoms with Gasteiger partial charge in [-0.1, -0.05) is 19.1 Å². The van der Waals surface area contributed by atoms with E-state index in [1.165, 1.54) is 63.1 Å². The van der Waals surface area contributed by atoms with Crippen LogP contribution in [0, 0.1) is 5.92 Å². The van der Waals surface area contributed by atoms with Crippen molar-refractivity contribution in [1.29, 1.82) is 0 Å². The van der Waals surface area contributed by atoms with E-state index in [-0.39, 0.29) is 0 Å². The number of guanidine groups is 1. The van der Waals surface area contributed by atoms with Gasteiger partial charge in [0.25, 0.3) is 0 Å². The maximum atomic E-state index is 4.85. The van der Waals surface area contributed by atoms with Gasteiger partial charge >= 0.3 is 0 Å². The Bertz CT molecular complexity index is 623. The van der Waals surface area contributed by atoms with E-state index in [9.17, 15) is 0 Å². The summed E-state index contributed by atoms with van der Waals surface area (Å²) < 4.78 is 0. The minimum absolute atomic E-state index is 0.520. The van der Waals surface area contributed by atoms with Crippen molar-refractivity contribution >= 4 is 11.6 Å². The molecule has 162 valence electrons. The lowest BCUT2D eigenvalue weighted by molar-refractivity contribution is 0.167. The molecule has 0 aliphatic carbocycles. The third kappa shape index (κ3) is 6.63. The standard InChI is InChI=1S/C24H41N5/c1-5-25-24(27-22-12-16-28(17-13-22)19(2)3)26-18-21-6-8-23(9-7-21)29-14-10-20(4)11-15-29/h6-9,19-20,22H,5,10-18H2,1-4H3,(H2,25,26,27). The first-order valence-electron chi connectivity index (χ1n) is 11.7. The number of piperidine rings is 2. The summed E-state index contributed by atoms with van der Waals surface area (Å²) in [5.41, 5.74) is 2.62. The molecule has 0 amide bonds. The second-order valence-corrected chi connectivity index (χ2v) is 9.08. The highest BCUT2D eigenvalue weighted by Crippen LogP contribution is 2.23. The molecule has 2 fully saturated rings. The maximum absolute atomic E-state index is 4.85. The zero-order valence-corrected chi connectivity index (χ0v) is 19.0. The molecular formula is C24H41N5. The van der Waals surface area contributed by atoms with Crippen molar-refractivity contribution in [1.82, 2.24) is 15.5 Å². The number of rotatable bonds is 6. The lowest BCUT2D eigenvalue weighted by Gasteiger charge is -2.35. The molecular weight excluding hydrogens is 358 g/mol. The Morgan fingerprint density at radius 2 is 1.69 bits per heavy atom. The van der Waals surface area contributed by atoms with Crippen LogP contribution in [0.1, 0.15) is 58.9 Å². The van der Waals surface area contributed by atoms with Crippen molar-refractivity contribution in [3.05, 3.63) is 29.8 Å². The lowest BCUT2D eigenvalue weighted by atomic mass is 9.99. The van der Waals surface area contributed by atoms with Crippen LogP contribution in [-0.2, 0) is 6.54 Å². The van der Waals surface area contributed by atoms with Crippen LogP contribution in [0.2, 0.25) is 0 Å². The van der Waals surface area contributed by atoms with Gasteiger partial charge in [-0.05, 0) is 70.1 Å². The fourth-order valence-electron chi connectivity index (χ4n) is 4.32. The minimum Gasteiger partial charge on any atom is -0.372 e. The van der Waals surface area contributed by atoms with Crippen LogP contribution in [-0.4, -0.2) is 55.7 Å². The highest BCUT2D eigenvalue weighted by molar-refractivity contribution is 5.80. The summed E-state index contributed by atoms with van der Waals surface area (Å²) in [6.07, 6.45) is 4.98. The summed E-state index contributed by atoms with van der Waals surface area (Å²) in [5, 5.41) is 7.08. The molecule has 0 saturated carbocycles. The van der Waals surface area contributed by atoms with Crippen molar-refractivity contribution in [2.45, 2.75) is 72.0 Å². The third-order valence-electron chi connectivity index (χ3n) is 6.45. The van der Waals surface area contributed by atoms with Crippen molar-refractivity contribution < 1.29 is 0 Å². The van der Waals surface area contributed by atoms with Crippen molar-refractivity contribution in [3.63, 3.8) is 0 Å². The fourth-order valence-corrected chi connectivity index (χ4v) is 4.32. The summed E-state index contributed by atoms with van der Waals surface area (Å²) in [6, 6.07) is 10.2. The Labute approximate surface area is 178 Å². The average molecular weight is 400 g/mol. The molecule has 2 aliphatic rings. The van der Waals surface area contributed by atoms with Gasteiger partial charge in [0, 0.05) is 50.5 Å². The van der Waals surface area contributed by atoms with Gasteiger partial charge in [0.1, 0.15) is 0 Å². The fraction of sp³-hybridized carbons (Fsp3) is 0.708. The molecule has 0 aromatic heterocycles. The van der Waals surface area contributed by atoms with Gasteiger partial charge in [-0.3, -0.25) is 0 Å². The van der Waals surface area contributed by atoms with E-state index in [4.69, 9.17) is 4.99 Å². The molecule has 3 rings (SSSR count). The van der Waals surface area contributed by atoms with Gasteiger partial charge < -0.3 is 20.4 Å². The molecule has 2 aliphatic heterocycles. The Hall–Kier alpha value is -1.75. The molecule has 0 bridgehead atoms. The van der Waals surface area contributed by atoms with E-state index in [2.05, 4.69) is 72.4 Å². The molecule has 0 unspecified atom stereocenters. The predicted octanol–water partition coefficient (Wildman–Crippen LogP) is 3.85. The second kappa shape index (κ2) is 10.9. The van der Waals surface area contributed by atoms with E-state index >= 15 is 0 Å². The van der Waals surface area contributed by atoms with Crippen LogP contribution in [0.4, 0.5) is 5.69 Å². The number of nitrogens with one attached hydrogen (secondary N) is 2. The number of hydrogen-bond acceptors (Lipinski definition) is 3. The monoisotopic (exact) mass is 399 g/mol. The van der Waals surface area contributed by atoms with E-state index in [0.29, 0.717) is 12.1 Å². The summed E-state index contributed by atoms with van der Waals surface area (Å²) in [7, 11) is 0. The summed E-state index contributed by atoms with van der Waals surface area (Å²) >= 11 is 0. The van der Waals surface area contributed by atoms with Gasteiger partial charge in [-0.15, -0.1) is 0 Å². The van der Waals surface area contributed by atoms with Gasteiger partial charge in [0.2, 0.25) is 0 Å². The Morgan fingerprint density at radius 3 is 2.28 bits per heavy atom. The minimum atomic E-state index is 0.520. The zero-order chi connectivity index (χ0) is 20.6. The van der Waals surface area contributed by atoms with E-state index in [1.807, 2.05) is 0 Å². The Kier molecular flexibility index (Phi) is 8.22. The summed E-state index contributed by atoms with van der Waals surface area (Å²) in [5.74, 6) is 1.82. The molecule has 0 atom stereocenters.